The zero-order valence-electron chi connectivity index (χ0n) is 20.4. The van der Waals surface area contributed by atoms with Gasteiger partial charge in [-0.3, -0.25) is 13.6 Å². The van der Waals surface area contributed by atoms with Gasteiger partial charge in [0.2, 0.25) is 0 Å². The van der Waals surface area contributed by atoms with Gasteiger partial charge in [0.15, 0.2) is 0 Å². The van der Waals surface area contributed by atoms with Crippen LogP contribution in [-0.4, -0.2) is 19.8 Å². The minimum atomic E-state index is -3.49. The van der Waals surface area contributed by atoms with Crippen LogP contribution in [0.5, 0.6) is 0 Å². The predicted molar refractivity (Wildman–Crippen MR) is 125 cm³/mol. The fourth-order valence-electron chi connectivity index (χ4n) is 3.31. The van der Waals surface area contributed by atoms with Gasteiger partial charge >= 0.3 is 7.82 Å². The topological polar surface area (TPSA) is 44.8 Å². The van der Waals surface area contributed by atoms with E-state index in [2.05, 4.69) is 41.5 Å². The molecule has 0 amide bonds. The van der Waals surface area contributed by atoms with Gasteiger partial charge < -0.3 is 0 Å². The van der Waals surface area contributed by atoms with E-state index in [0.717, 1.165) is 44.4 Å². The average Bonchev–Trinajstić information content (AvgIpc) is 2.71. The summed E-state index contributed by atoms with van der Waals surface area (Å²) < 4.78 is 30.7. The molecule has 0 fully saturated rings. The first kappa shape index (κ1) is 29.1. The summed E-state index contributed by atoms with van der Waals surface area (Å²) in [5, 5.41) is 0. The number of phosphoric acid groups is 1. The van der Waals surface area contributed by atoms with Gasteiger partial charge in [0.1, 0.15) is 0 Å². The zero-order chi connectivity index (χ0) is 22.0. The Morgan fingerprint density at radius 3 is 1.59 bits per heavy atom. The first-order valence-electron chi connectivity index (χ1n) is 12.4. The van der Waals surface area contributed by atoms with Gasteiger partial charge in [0.05, 0.1) is 19.8 Å². The molecule has 2 unspecified atom stereocenters. The molecule has 2 atom stereocenters. The number of hydrogen-bond acceptors (Lipinski definition) is 4. The molecule has 0 spiro atoms. The molecule has 0 heterocycles. The summed E-state index contributed by atoms with van der Waals surface area (Å²) in [5.41, 5.74) is 0. The molecule has 0 aliphatic carbocycles. The SMILES string of the molecule is CCCCC(CC)COP(=O)(OCCCCCC(C)C)OCC(CC)CCCC. The molecular weight excluding hydrogens is 383 g/mol. The summed E-state index contributed by atoms with van der Waals surface area (Å²) in [6.07, 6.45) is 13.4. The molecule has 0 aliphatic rings. The van der Waals surface area contributed by atoms with Crippen molar-refractivity contribution >= 4 is 7.82 Å². The van der Waals surface area contributed by atoms with E-state index < -0.39 is 7.82 Å². The Morgan fingerprint density at radius 2 is 1.17 bits per heavy atom. The van der Waals surface area contributed by atoms with Gasteiger partial charge in [-0.2, -0.15) is 0 Å². The molecule has 0 aliphatic heterocycles. The van der Waals surface area contributed by atoms with E-state index in [4.69, 9.17) is 13.6 Å². The first-order valence-corrected chi connectivity index (χ1v) is 13.9. The van der Waals surface area contributed by atoms with E-state index in [1.165, 1.54) is 38.5 Å². The van der Waals surface area contributed by atoms with Crippen LogP contribution in [0.4, 0.5) is 0 Å². The molecule has 0 aromatic heterocycles. The minimum Gasteiger partial charge on any atom is -0.287 e. The monoisotopic (exact) mass is 434 g/mol. The molecule has 0 bridgehead atoms. The second-order valence-electron chi connectivity index (χ2n) is 8.95. The van der Waals surface area contributed by atoms with Gasteiger partial charge in [0, 0.05) is 0 Å². The van der Waals surface area contributed by atoms with E-state index in [1.54, 1.807) is 0 Å². The highest BCUT2D eigenvalue weighted by Gasteiger charge is 2.29. The van der Waals surface area contributed by atoms with Crippen LogP contribution in [0.1, 0.15) is 119 Å². The van der Waals surface area contributed by atoms with E-state index >= 15 is 0 Å². The average molecular weight is 435 g/mol. The molecule has 0 rings (SSSR count). The van der Waals surface area contributed by atoms with E-state index in [0.29, 0.717) is 31.7 Å². The van der Waals surface area contributed by atoms with E-state index in [9.17, 15) is 4.57 Å². The van der Waals surface area contributed by atoms with Crippen LogP contribution in [0.3, 0.4) is 0 Å². The number of hydrogen-bond donors (Lipinski definition) is 0. The third-order valence-electron chi connectivity index (χ3n) is 5.70. The molecule has 29 heavy (non-hydrogen) atoms. The van der Waals surface area contributed by atoms with Gasteiger partial charge in [-0.05, 0) is 37.0 Å². The van der Waals surface area contributed by atoms with Crippen LogP contribution < -0.4 is 0 Å². The Kier molecular flexibility index (Phi) is 18.9. The quantitative estimate of drug-likeness (QED) is 0.134. The Bertz CT molecular complexity index is 376. The summed E-state index contributed by atoms with van der Waals surface area (Å²) in [7, 11) is -3.49. The number of rotatable bonds is 21. The summed E-state index contributed by atoms with van der Waals surface area (Å²) in [4.78, 5) is 0. The van der Waals surface area contributed by atoms with Crippen molar-refractivity contribution in [2.45, 2.75) is 119 Å². The standard InChI is InChI=1S/C24H51O4P/c1-7-11-17-23(9-3)20-27-29(25,26-19-15-13-14-16-22(5)6)28-21-24(10-4)18-12-8-2/h22-24H,7-21H2,1-6H3. The Labute approximate surface area is 182 Å². The van der Waals surface area contributed by atoms with Crippen molar-refractivity contribution < 1.29 is 18.1 Å². The third kappa shape index (κ3) is 16.5. The van der Waals surface area contributed by atoms with E-state index in [1.807, 2.05) is 0 Å². The maximum Gasteiger partial charge on any atom is 0.474 e. The first-order chi connectivity index (χ1) is 13.9. The van der Waals surface area contributed by atoms with Crippen molar-refractivity contribution in [3.05, 3.63) is 0 Å². The van der Waals surface area contributed by atoms with Crippen molar-refractivity contribution in [2.75, 3.05) is 19.8 Å². The van der Waals surface area contributed by atoms with Crippen LogP contribution >= 0.6 is 7.82 Å². The van der Waals surface area contributed by atoms with Crippen LogP contribution in [-0.2, 0) is 18.1 Å². The highest BCUT2D eigenvalue weighted by molar-refractivity contribution is 7.48. The smallest absolute Gasteiger partial charge is 0.287 e. The van der Waals surface area contributed by atoms with Crippen LogP contribution in [0, 0.1) is 17.8 Å². The third-order valence-corrected chi connectivity index (χ3v) is 7.13. The Hall–Kier alpha value is 0.110. The van der Waals surface area contributed by atoms with Crippen LogP contribution in [0.2, 0.25) is 0 Å². The molecule has 0 N–H and O–H groups in total. The van der Waals surface area contributed by atoms with Crippen LogP contribution in [0.15, 0.2) is 0 Å². The maximum absolute atomic E-state index is 13.3. The fourth-order valence-corrected chi connectivity index (χ4v) is 4.67. The van der Waals surface area contributed by atoms with Gasteiger partial charge in [-0.15, -0.1) is 0 Å². The fraction of sp³-hybridized carbons (Fsp3) is 1.00. The molecule has 0 aromatic carbocycles. The molecule has 0 radical (unpaired) electrons. The molecule has 0 aromatic rings. The number of unbranched alkanes of at least 4 members (excludes halogenated alkanes) is 4. The predicted octanol–water partition coefficient (Wildman–Crippen LogP) is 8.79. The second kappa shape index (κ2) is 18.8. The lowest BCUT2D eigenvalue weighted by Gasteiger charge is -2.23. The Balaban J connectivity index is 4.63. The largest absolute Gasteiger partial charge is 0.474 e. The molecule has 0 saturated heterocycles. The van der Waals surface area contributed by atoms with Crippen LogP contribution in [0.25, 0.3) is 0 Å². The van der Waals surface area contributed by atoms with Crippen molar-refractivity contribution in [3.8, 4) is 0 Å². The van der Waals surface area contributed by atoms with E-state index in [-0.39, 0.29) is 0 Å². The molecule has 176 valence electrons. The summed E-state index contributed by atoms with van der Waals surface area (Å²) in [6, 6.07) is 0. The minimum absolute atomic E-state index is 0.420. The maximum atomic E-state index is 13.3. The van der Waals surface area contributed by atoms with Crippen molar-refractivity contribution in [3.63, 3.8) is 0 Å². The summed E-state index contributed by atoms with van der Waals surface area (Å²) >= 11 is 0. The molecule has 0 saturated carbocycles. The zero-order valence-corrected chi connectivity index (χ0v) is 21.3. The second-order valence-corrected chi connectivity index (χ2v) is 10.6. The van der Waals surface area contributed by atoms with Gasteiger partial charge in [-0.25, -0.2) is 4.57 Å². The molecular formula is C24H51O4P. The van der Waals surface area contributed by atoms with Gasteiger partial charge in [0.25, 0.3) is 0 Å². The lowest BCUT2D eigenvalue weighted by atomic mass is 10.0. The lowest BCUT2D eigenvalue weighted by molar-refractivity contribution is 0.0831. The Morgan fingerprint density at radius 1 is 0.655 bits per heavy atom. The number of phosphoric ester groups is 1. The lowest BCUT2D eigenvalue weighted by Crippen LogP contribution is -2.14. The van der Waals surface area contributed by atoms with Gasteiger partial charge in [-0.1, -0.05) is 99.3 Å². The summed E-state index contributed by atoms with van der Waals surface area (Å²) in [5.74, 6) is 1.57. The van der Waals surface area contributed by atoms with Crippen molar-refractivity contribution in [1.29, 1.82) is 0 Å². The normalized spacial score (nSPS) is 16.1. The highest BCUT2D eigenvalue weighted by Crippen LogP contribution is 2.50. The highest BCUT2D eigenvalue weighted by atomic mass is 31.2. The van der Waals surface area contributed by atoms with Crippen molar-refractivity contribution in [1.82, 2.24) is 0 Å². The molecule has 5 heteroatoms. The summed E-state index contributed by atoms with van der Waals surface area (Å²) in [6.45, 7) is 14.6. The molecule has 4 nitrogen and oxygen atoms in total. The van der Waals surface area contributed by atoms with Crippen molar-refractivity contribution in [2.24, 2.45) is 17.8 Å².